The van der Waals surface area contributed by atoms with Crippen LogP contribution in [0, 0.1) is 0 Å². The van der Waals surface area contributed by atoms with E-state index in [1.54, 1.807) is 0 Å². The van der Waals surface area contributed by atoms with Crippen LogP contribution in [0.4, 0.5) is 0 Å². The predicted molar refractivity (Wildman–Crippen MR) is 297 cm³/mol. The van der Waals surface area contributed by atoms with Gasteiger partial charge in [-0.3, -0.25) is 0 Å². The van der Waals surface area contributed by atoms with Gasteiger partial charge in [0.15, 0.2) is 0 Å². The Morgan fingerprint density at radius 3 is 1.07 bits per heavy atom. The summed E-state index contributed by atoms with van der Waals surface area (Å²) >= 11 is 2.04. The normalized spacial score (nSPS) is 12.8. The molecule has 0 radical (unpaired) electrons. The van der Waals surface area contributed by atoms with E-state index in [9.17, 15) is 5.53 Å². The van der Waals surface area contributed by atoms with Crippen molar-refractivity contribution in [3.05, 3.63) is 87.5 Å². The maximum absolute atomic E-state index is 11.8. The van der Waals surface area contributed by atoms with Gasteiger partial charge in [-0.05, 0) is 86.8 Å². The van der Waals surface area contributed by atoms with Crippen molar-refractivity contribution in [3.63, 3.8) is 0 Å². The molecule has 2 aromatic rings. The molecule has 0 bridgehead atoms. The van der Waals surface area contributed by atoms with Crippen LogP contribution in [0.25, 0.3) is 16.9 Å². The molecule has 0 spiro atoms. The topological polar surface area (TPSA) is 25.3 Å². The van der Waals surface area contributed by atoms with E-state index in [2.05, 4.69) is 90.1 Å². The number of hydrogen-bond donors (Lipinski definition) is 0. The van der Waals surface area contributed by atoms with Crippen LogP contribution in [-0.2, 0) is 27.3 Å². The number of aryl methyl sites for hydroxylation is 2. The Morgan fingerprint density at radius 1 is 0.328 bits per heavy atom. The Balaban J connectivity index is 0.000000467. The monoisotopic (exact) mass is 965 g/mol. The van der Waals surface area contributed by atoms with Gasteiger partial charge in [0, 0.05) is 22.3 Å². The van der Waals surface area contributed by atoms with E-state index in [0.29, 0.717) is 0 Å². The van der Waals surface area contributed by atoms with Crippen molar-refractivity contribution in [1.82, 2.24) is 0 Å². The predicted octanol–water partition coefficient (Wildman–Crippen LogP) is 22.8. The summed E-state index contributed by atoms with van der Waals surface area (Å²) in [5.41, 5.74) is 21.5. The number of unbranched alkanes of at least 4 members (excludes halogenated alkanes) is 30. The summed E-state index contributed by atoms with van der Waals surface area (Å²) in [7, 11) is 0. The van der Waals surface area contributed by atoms with Crippen molar-refractivity contribution < 1.29 is 19.1 Å². The van der Waals surface area contributed by atoms with Crippen LogP contribution >= 0.6 is 0 Å². The first-order chi connectivity index (χ1) is 33.1. The molecule has 0 amide bonds. The molecule has 1 heterocycles. The second-order valence-electron chi connectivity index (χ2n) is 20.4. The van der Waals surface area contributed by atoms with Crippen LogP contribution in [0.2, 0.25) is 10.8 Å². The summed E-state index contributed by atoms with van der Waals surface area (Å²) in [4.78, 5) is 0. The molecule has 0 fully saturated rings. The van der Waals surface area contributed by atoms with E-state index in [1.165, 1.54) is 243 Å². The van der Waals surface area contributed by atoms with Crippen LogP contribution in [0.3, 0.4) is 0 Å². The number of benzene rings is 2. The van der Waals surface area contributed by atoms with Crippen LogP contribution < -0.4 is 0 Å². The number of nitrogens with zero attached hydrogens (tertiary/aromatic N) is 2. The van der Waals surface area contributed by atoms with Gasteiger partial charge in [-0.1, -0.05) is 130 Å². The van der Waals surface area contributed by atoms with E-state index >= 15 is 0 Å². The van der Waals surface area contributed by atoms with Crippen molar-refractivity contribution in [2.75, 3.05) is 0 Å². The second kappa shape index (κ2) is 44.0. The average Bonchev–Trinajstić information content (AvgIpc) is 3.62. The van der Waals surface area contributed by atoms with Crippen molar-refractivity contribution >= 4 is 11.4 Å². The third-order valence-corrected chi connectivity index (χ3v) is 15.5. The van der Waals surface area contributed by atoms with E-state index in [-0.39, 0.29) is 0 Å². The van der Waals surface area contributed by atoms with Gasteiger partial charge in [0.25, 0.3) is 0 Å². The minimum absolute atomic E-state index is 1.00. The molecule has 1 aliphatic rings. The zero-order valence-corrected chi connectivity index (χ0v) is 46.5. The van der Waals surface area contributed by atoms with Crippen LogP contribution in [0.15, 0.2) is 59.7 Å². The smallest absolute Gasteiger partial charge is 0.493 e. The molecule has 1 aliphatic heterocycles. The van der Waals surface area contributed by atoms with E-state index in [1.807, 2.05) is 14.4 Å². The summed E-state index contributed by atoms with van der Waals surface area (Å²) in [5.74, 6) is 0. The third kappa shape index (κ3) is 29.1. The van der Waals surface area contributed by atoms with Gasteiger partial charge in [0.2, 0.25) is 11.4 Å². The number of hydrogen-bond acceptors (Lipinski definition) is 0. The average molecular weight is 966 g/mol. The molecule has 0 aromatic heterocycles. The molecule has 3 heteroatoms. The Morgan fingerprint density at radius 2 is 0.672 bits per heavy atom. The summed E-state index contributed by atoms with van der Waals surface area (Å²) in [6.45, 7) is 13.6. The zero-order valence-electron chi connectivity index (χ0n) is 45.5. The molecule has 0 atom stereocenters. The summed E-state index contributed by atoms with van der Waals surface area (Å²) in [5, 5.41) is 2.87. The van der Waals surface area contributed by atoms with Gasteiger partial charge in [0.05, 0.1) is 0 Å². The molecule has 0 unspecified atom stereocenters. The quantitative estimate of drug-likeness (QED) is 0.0359. The third-order valence-electron chi connectivity index (χ3n) is 14.1. The first-order valence-corrected chi connectivity index (χ1v) is 31.0. The van der Waals surface area contributed by atoms with Crippen molar-refractivity contribution in [2.24, 2.45) is 0 Å². The molecule has 2 nitrogen and oxygen atoms in total. The fourth-order valence-corrected chi connectivity index (χ4v) is 11.0. The SMILES string of the molecule is CCCCCCCCCCCCCC[CH2][Ni][CH2]CCCCCCCCCCCCCC.CCCCCc1ccc(C2=C(CCCC)C(CCCC)=C(c3cccc(CCCCC)c3)[N+]2=[N-])cc1. The first-order valence-electron chi connectivity index (χ1n) is 29.6. The first kappa shape index (κ1) is 61.1. The fraction of sp³-hybridized carbons (Fsp3) is 0.750. The number of rotatable bonds is 44. The van der Waals surface area contributed by atoms with Gasteiger partial charge in [0.1, 0.15) is 0 Å². The van der Waals surface area contributed by atoms with E-state index in [4.69, 9.17) is 0 Å². The Hall–Kier alpha value is -1.99. The molecule has 0 aliphatic carbocycles. The molecule has 0 saturated heterocycles. The Labute approximate surface area is 424 Å². The van der Waals surface area contributed by atoms with Crippen LogP contribution in [0.5, 0.6) is 0 Å². The van der Waals surface area contributed by atoms with Gasteiger partial charge in [-0.25, -0.2) is 4.70 Å². The molecule has 2 aromatic carbocycles. The maximum atomic E-state index is 11.8. The van der Waals surface area contributed by atoms with Crippen molar-refractivity contribution in [3.8, 4) is 0 Å². The van der Waals surface area contributed by atoms with Crippen molar-refractivity contribution in [1.29, 1.82) is 0 Å². The standard InChI is InChI=1S/C34H48N2.2C15H31.Ni/c1-5-9-13-16-27-22-24-29(25-23-27)33-31(20-11-7-3)32(21-12-8-4)34(36(33)35)30-19-15-18-28(26-30)17-14-10-6-2;2*1-3-5-7-9-11-13-15-14-12-10-8-6-4-2;/h15,18-19,22-26H,5-14,16-17,20-21H2,1-4H3;2*1,3-15H2,2H3;. The van der Waals surface area contributed by atoms with Gasteiger partial charge in [-0.2, -0.15) is 0 Å². The van der Waals surface area contributed by atoms with Crippen LogP contribution in [0.1, 0.15) is 308 Å². The molecule has 67 heavy (non-hydrogen) atoms. The Kier molecular flexibility index (Phi) is 40.1. The summed E-state index contributed by atoms with van der Waals surface area (Å²) in [6, 6.07) is 17.9. The molecular formula is C64H110N2Ni. The fourth-order valence-electron chi connectivity index (χ4n) is 9.78. The summed E-state index contributed by atoms with van der Waals surface area (Å²) < 4.78 is 1.53. The zero-order chi connectivity index (χ0) is 48.3. The molecule has 3 rings (SSSR count). The number of allylic oxidation sites excluding steroid dienone is 2. The van der Waals surface area contributed by atoms with Gasteiger partial charge in [-0.15, -0.1) is 0 Å². The minimum atomic E-state index is 1.00. The van der Waals surface area contributed by atoms with Crippen LogP contribution in [-0.4, -0.2) is 4.70 Å². The van der Waals surface area contributed by atoms with Gasteiger partial charge < -0.3 is 5.53 Å². The Bertz CT molecular complexity index is 1490. The summed E-state index contributed by atoms with van der Waals surface area (Å²) in [6.07, 6.45) is 54.6. The second-order valence-corrected chi connectivity index (χ2v) is 21.9. The molecular weight excluding hydrogens is 855 g/mol. The van der Waals surface area contributed by atoms with Gasteiger partial charge >= 0.3 is 166 Å². The van der Waals surface area contributed by atoms with E-state index < -0.39 is 0 Å². The van der Waals surface area contributed by atoms with Crippen molar-refractivity contribution in [2.45, 2.75) is 309 Å². The molecule has 0 saturated carbocycles. The molecule has 386 valence electrons. The molecule has 0 N–H and O–H groups in total. The minimum Gasteiger partial charge on any atom is -0.493 e. The van der Waals surface area contributed by atoms with E-state index in [0.717, 1.165) is 73.9 Å².